The van der Waals surface area contributed by atoms with E-state index in [1.54, 1.807) is 0 Å². The molecule has 0 aliphatic carbocycles. The van der Waals surface area contributed by atoms with Gasteiger partial charge in [-0.05, 0) is 67.5 Å². The summed E-state index contributed by atoms with van der Waals surface area (Å²) >= 11 is 0. The Morgan fingerprint density at radius 3 is 2.44 bits per heavy atom. The number of hydrogen-bond donors (Lipinski definition) is 0. The molecule has 2 aliphatic heterocycles. The lowest BCUT2D eigenvalue weighted by Gasteiger charge is -2.36. The van der Waals surface area contributed by atoms with Gasteiger partial charge in [0, 0.05) is 11.8 Å². The van der Waals surface area contributed by atoms with Crippen molar-refractivity contribution < 1.29 is 1.37 Å². The maximum Gasteiger partial charge on any atom is 0.123 e. The number of fused-ring (bicyclic) bond motifs is 3. The lowest BCUT2D eigenvalue weighted by atomic mass is 9.87. The van der Waals surface area contributed by atoms with Gasteiger partial charge in [0.05, 0.1) is 15.1 Å². The second kappa shape index (κ2) is 7.37. The largest absolute Gasteiger partial charge is 0.256 e. The number of nitrogens with zero attached hydrogens (tertiary/aromatic N) is 1. The molecule has 3 heteroatoms. The Morgan fingerprint density at radius 1 is 1.00 bits per heavy atom. The van der Waals surface area contributed by atoms with Gasteiger partial charge < -0.3 is 0 Å². The van der Waals surface area contributed by atoms with Crippen molar-refractivity contribution in [1.82, 2.24) is 4.98 Å². The van der Waals surface area contributed by atoms with E-state index in [9.17, 15) is 1.37 Å². The number of hydrogen-bond acceptors (Lipinski definition) is 1. The zero-order valence-electron chi connectivity index (χ0n) is 22.1. The van der Waals surface area contributed by atoms with Gasteiger partial charge >= 0.3 is 0 Å². The average molecular weight is 477 g/mol. The summed E-state index contributed by atoms with van der Waals surface area (Å²) in [7, 11) is -3.58. The van der Waals surface area contributed by atoms with E-state index in [-0.39, 0.29) is 0 Å². The van der Waals surface area contributed by atoms with E-state index in [1.807, 2.05) is 6.20 Å². The van der Waals surface area contributed by atoms with Crippen LogP contribution in [0.3, 0.4) is 0 Å². The topological polar surface area (TPSA) is 12.9 Å². The highest BCUT2D eigenvalue weighted by Crippen LogP contribution is 2.46. The van der Waals surface area contributed by atoms with Crippen LogP contribution < -0.4 is 10.4 Å². The zero-order valence-corrected chi connectivity index (χ0v) is 23.1. The maximum atomic E-state index is 9.35. The molecule has 0 bridgehead atoms. The van der Waals surface area contributed by atoms with Crippen LogP contribution in [-0.4, -0.2) is 21.1 Å². The van der Waals surface area contributed by atoms with Gasteiger partial charge in [0.1, 0.15) is 8.07 Å². The van der Waals surface area contributed by atoms with Crippen molar-refractivity contribution in [3.8, 4) is 11.3 Å². The molecule has 0 saturated heterocycles. The first-order chi connectivity index (χ1) is 16.6. The molecule has 170 valence electrons. The van der Waals surface area contributed by atoms with Crippen LogP contribution in [0.1, 0.15) is 43.4 Å². The van der Waals surface area contributed by atoms with E-state index in [0.29, 0.717) is 5.92 Å². The van der Waals surface area contributed by atoms with Crippen molar-refractivity contribution in [3.63, 3.8) is 0 Å². The Labute approximate surface area is 207 Å². The number of aromatic nitrogens is 1. The normalized spacial score (nSPS) is 19.4. The minimum atomic E-state index is -2.21. The SMILES string of the molecule is [2H]C1=C(c2ccc([Si](C)(C)C)cc2)[Si]2(C)Cc3c(cc4ccccc4c3C(C)C)-c3nccc1c32. The first-order valence-corrected chi connectivity index (χ1v) is 18.7. The second-order valence-corrected chi connectivity index (χ2v) is 20.7. The van der Waals surface area contributed by atoms with Crippen molar-refractivity contribution in [2.75, 3.05) is 0 Å². The van der Waals surface area contributed by atoms with Gasteiger partial charge in [0.2, 0.25) is 0 Å². The molecule has 0 radical (unpaired) electrons. The van der Waals surface area contributed by atoms with E-state index in [0.717, 1.165) is 23.4 Å². The summed E-state index contributed by atoms with van der Waals surface area (Å²) in [5.74, 6) is 0.428. The summed E-state index contributed by atoms with van der Waals surface area (Å²) in [5.41, 5.74) is 7.70. The van der Waals surface area contributed by atoms with E-state index in [4.69, 9.17) is 4.98 Å². The molecule has 1 unspecified atom stereocenters. The third-order valence-electron chi connectivity index (χ3n) is 7.92. The minimum absolute atomic E-state index is 0.428. The van der Waals surface area contributed by atoms with Crippen molar-refractivity contribution in [3.05, 3.63) is 89.1 Å². The Balaban J connectivity index is 1.62. The molecular formula is C31H33NSi2. The number of rotatable bonds is 3. The fourth-order valence-electron chi connectivity index (χ4n) is 6.26. The van der Waals surface area contributed by atoms with Gasteiger partial charge in [-0.2, -0.15) is 0 Å². The van der Waals surface area contributed by atoms with Gasteiger partial charge in [-0.15, -0.1) is 0 Å². The van der Waals surface area contributed by atoms with Crippen LogP contribution in [0, 0.1) is 0 Å². The average Bonchev–Trinajstić information content (AvgIpc) is 3.04. The Morgan fingerprint density at radius 2 is 1.74 bits per heavy atom. The smallest absolute Gasteiger partial charge is 0.123 e. The van der Waals surface area contributed by atoms with Gasteiger partial charge in [-0.1, -0.05) is 99.8 Å². The second-order valence-electron chi connectivity index (χ2n) is 11.6. The van der Waals surface area contributed by atoms with Crippen LogP contribution in [0.4, 0.5) is 0 Å². The van der Waals surface area contributed by atoms with Gasteiger partial charge in [-0.3, -0.25) is 4.98 Å². The standard InChI is InChI=1S/C31H33NSi2/c1-20(2)29-25-10-8-7-9-22(25)17-26-27(29)19-34(6)28(18-23-15-16-32-30(26)31(23)34)21-11-13-24(14-12-21)33(3,4)5/h7-18,20H,19H2,1-6H3/i18D. The summed E-state index contributed by atoms with van der Waals surface area (Å²) in [6.07, 6.45) is 1.92. The van der Waals surface area contributed by atoms with Gasteiger partial charge in [0.25, 0.3) is 0 Å². The summed E-state index contributed by atoms with van der Waals surface area (Å²) in [5, 5.41) is 6.80. The fraction of sp³-hybridized carbons (Fsp3) is 0.258. The van der Waals surface area contributed by atoms with E-state index < -0.39 is 16.1 Å². The van der Waals surface area contributed by atoms with Crippen molar-refractivity contribution >= 4 is 48.5 Å². The molecule has 4 aromatic rings. The van der Waals surface area contributed by atoms with Crippen molar-refractivity contribution in [2.24, 2.45) is 0 Å². The molecule has 0 fully saturated rings. The molecular weight excluding hydrogens is 443 g/mol. The van der Waals surface area contributed by atoms with Gasteiger partial charge in [0.15, 0.2) is 0 Å². The lowest BCUT2D eigenvalue weighted by molar-refractivity contribution is 0.863. The van der Waals surface area contributed by atoms with Crippen molar-refractivity contribution in [1.29, 1.82) is 0 Å². The molecule has 1 aromatic heterocycles. The third kappa shape index (κ3) is 3.06. The van der Waals surface area contributed by atoms with Crippen molar-refractivity contribution in [2.45, 2.75) is 52.0 Å². The van der Waals surface area contributed by atoms with Crippen LogP contribution in [0.2, 0.25) is 26.2 Å². The Kier molecular flexibility index (Phi) is 4.47. The summed E-state index contributed by atoms with van der Waals surface area (Å²) < 4.78 is 9.35. The first-order valence-electron chi connectivity index (χ1n) is 13.0. The molecule has 3 heterocycles. The molecule has 1 atom stereocenters. The van der Waals surface area contributed by atoms with Crippen LogP contribution in [-0.2, 0) is 6.04 Å². The molecule has 34 heavy (non-hydrogen) atoms. The predicted octanol–water partition coefficient (Wildman–Crippen LogP) is 7.04. The number of benzene rings is 3. The van der Waals surface area contributed by atoms with Crippen LogP contribution in [0.5, 0.6) is 0 Å². The van der Waals surface area contributed by atoms with Crippen LogP contribution in [0.25, 0.3) is 33.3 Å². The molecule has 6 rings (SSSR count). The third-order valence-corrected chi connectivity index (χ3v) is 14.2. The molecule has 0 amide bonds. The lowest BCUT2D eigenvalue weighted by Crippen LogP contribution is -2.51. The molecule has 2 aliphatic rings. The predicted molar refractivity (Wildman–Crippen MR) is 154 cm³/mol. The van der Waals surface area contributed by atoms with Crippen LogP contribution >= 0.6 is 0 Å². The Hall–Kier alpha value is -2.76. The highest BCUT2D eigenvalue weighted by molar-refractivity contribution is 7.08. The van der Waals surface area contributed by atoms with Gasteiger partial charge in [-0.25, -0.2) is 0 Å². The summed E-state index contributed by atoms with van der Waals surface area (Å²) in [4.78, 5) is 5.00. The fourth-order valence-corrected chi connectivity index (χ4v) is 11.8. The highest BCUT2D eigenvalue weighted by Gasteiger charge is 2.47. The first kappa shape index (κ1) is 20.6. The monoisotopic (exact) mass is 476 g/mol. The zero-order chi connectivity index (χ0) is 24.7. The van der Waals surface area contributed by atoms with E-state index in [2.05, 4.69) is 101 Å². The maximum absolute atomic E-state index is 9.35. The molecule has 0 saturated carbocycles. The molecule has 0 N–H and O–H groups in total. The molecule has 3 aromatic carbocycles. The Bertz CT molecular complexity index is 1540. The van der Waals surface area contributed by atoms with E-state index >= 15 is 0 Å². The highest BCUT2D eigenvalue weighted by atomic mass is 28.3. The summed E-state index contributed by atoms with van der Waals surface area (Å²) in [6.45, 7) is 14.3. The quantitative estimate of drug-likeness (QED) is 0.289. The molecule has 0 spiro atoms. The van der Waals surface area contributed by atoms with E-state index in [1.165, 1.54) is 48.6 Å². The summed E-state index contributed by atoms with van der Waals surface area (Å²) in [6, 6.07) is 24.3. The number of pyridine rings is 1. The minimum Gasteiger partial charge on any atom is -0.256 e. The van der Waals surface area contributed by atoms with Crippen LogP contribution in [0.15, 0.2) is 66.9 Å². The molecule has 1 nitrogen and oxygen atoms in total.